The summed E-state index contributed by atoms with van der Waals surface area (Å²) in [6.07, 6.45) is 1.12. The molecule has 0 aliphatic rings. The maximum absolute atomic E-state index is 2.29. The van der Waals surface area contributed by atoms with E-state index >= 15 is 0 Å². The molecule has 0 heterocycles. The molecule has 131 valence electrons. The number of hydrogen-bond acceptors (Lipinski definition) is 0. The number of rotatable bonds is 6. The zero-order valence-electron chi connectivity index (χ0n) is 15.4. The molecule has 0 atom stereocenters. The van der Waals surface area contributed by atoms with Crippen molar-refractivity contribution in [2.24, 2.45) is 0 Å². The Balaban J connectivity index is 1.51. The first-order valence-corrected chi connectivity index (χ1v) is 11.2. The molecular weight excluding hydrogens is 340 g/mol. The zero-order chi connectivity index (χ0) is 18.3. The Kier molecular flexibility index (Phi) is 5.61. The number of benzene rings is 4. The Bertz CT molecular complexity index is 906. The molecule has 0 amide bonds. The summed E-state index contributed by atoms with van der Waals surface area (Å²) in [6.45, 7) is 0. The average molecular weight is 364 g/mol. The van der Waals surface area contributed by atoms with Crippen LogP contribution in [0.3, 0.4) is 0 Å². The lowest BCUT2D eigenvalue weighted by Crippen LogP contribution is -2.42. The molecule has 0 N–H and O–H groups in total. The highest BCUT2D eigenvalue weighted by molar-refractivity contribution is 6.85. The van der Waals surface area contributed by atoms with Crippen molar-refractivity contribution >= 4 is 19.2 Å². The van der Waals surface area contributed by atoms with E-state index in [1.807, 2.05) is 0 Å². The van der Waals surface area contributed by atoms with Crippen molar-refractivity contribution in [3.8, 4) is 11.1 Å². The van der Waals surface area contributed by atoms with E-state index in [9.17, 15) is 0 Å². The fraction of sp³-hybridized carbons (Fsp3) is 0.0769. The van der Waals surface area contributed by atoms with E-state index in [2.05, 4.69) is 115 Å². The summed E-state index contributed by atoms with van der Waals surface area (Å²) in [5.74, 6) is 0. The maximum Gasteiger partial charge on any atom is 0.121 e. The van der Waals surface area contributed by atoms with Crippen LogP contribution in [-0.2, 0) is 6.42 Å². The van der Waals surface area contributed by atoms with Crippen LogP contribution in [0.25, 0.3) is 11.1 Å². The van der Waals surface area contributed by atoms with E-state index in [1.165, 1.54) is 33.1 Å². The van der Waals surface area contributed by atoms with E-state index in [-0.39, 0.29) is 0 Å². The van der Waals surface area contributed by atoms with Gasteiger partial charge in [0.2, 0.25) is 0 Å². The molecule has 4 aromatic rings. The third-order valence-corrected chi connectivity index (χ3v) is 7.78. The molecule has 1 radical (unpaired) electrons. The van der Waals surface area contributed by atoms with Crippen LogP contribution in [0.1, 0.15) is 5.56 Å². The maximum atomic E-state index is 2.29. The third-order valence-electron chi connectivity index (χ3n) is 4.97. The van der Waals surface area contributed by atoms with Gasteiger partial charge in [-0.05, 0) is 29.2 Å². The van der Waals surface area contributed by atoms with Crippen molar-refractivity contribution in [3.05, 3.63) is 121 Å². The predicted molar refractivity (Wildman–Crippen MR) is 118 cm³/mol. The third kappa shape index (κ3) is 4.44. The van der Waals surface area contributed by atoms with E-state index in [4.69, 9.17) is 0 Å². The Morgan fingerprint density at radius 2 is 0.889 bits per heavy atom. The Labute approximate surface area is 163 Å². The molecule has 0 bridgehead atoms. The van der Waals surface area contributed by atoms with Gasteiger partial charge in [0.25, 0.3) is 0 Å². The average Bonchev–Trinajstić information content (AvgIpc) is 2.76. The SMILES string of the molecule is c1ccc(-c2ccc(CC[Si](c3ccccc3)c3ccccc3)cc2)cc1. The van der Waals surface area contributed by atoms with Gasteiger partial charge in [-0.2, -0.15) is 0 Å². The van der Waals surface area contributed by atoms with Gasteiger partial charge in [-0.25, -0.2) is 0 Å². The van der Waals surface area contributed by atoms with Gasteiger partial charge in [0.15, 0.2) is 0 Å². The molecule has 0 saturated carbocycles. The minimum Gasteiger partial charge on any atom is -0.0628 e. The lowest BCUT2D eigenvalue weighted by Gasteiger charge is -2.16. The van der Waals surface area contributed by atoms with Crippen LogP contribution < -0.4 is 10.4 Å². The zero-order valence-corrected chi connectivity index (χ0v) is 16.4. The fourth-order valence-corrected chi connectivity index (χ4v) is 6.14. The van der Waals surface area contributed by atoms with Crippen molar-refractivity contribution in [2.45, 2.75) is 12.5 Å². The quantitative estimate of drug-likeness (QED) is 0.413. The molecule has 0 aliphatic carbocycles. The van der Waals surface area contributed by atoms with Crippen LogP contribution in [0.15, 0.2) is 115 Å². The highest BCUT2D eigenvalue weighted by Gasteiger charge is 2.16. The first-order chi connectivity index (χ1) is 13.4. The standard InChI is InChI=1S/C26H23Si/c1-4-10-23(11-5-1)24-18-16-22(17-19-24)20-21-27(25-12-6-2-7-13-25)26-14-8-3-9-15-26/h1-19H,20-21H2. The van der Waals surface area contributed by atoms with Crippen molar-refractivity contribution in [1.29, 1.82) is 0 Å². The van der Waals surface area contributed by atoms with Gasteiger partial charge in [0.1, 0.15) is 8.80 Å². The molecule has 0 aromatic heterocycles. The first kappa shape index (κ1) is 17.5. The summed E-state index contributed by atoms with van der Waals surface area (Å²) in [4.78, 5) is 0. The summed E-state index contributed by atoms with van der Waals surface area (Å²) in [6, 6.07) is 42.9. The smallest absolute Gasteiger partial charge is 0.0628 e. The molecule has 0 nitrogen and oxygen atoms in total. The monoisotopic (exact) mass is 363 g/mol. The minimum absolute atomic E-state index is 0.759. The largest absolute Gasteiger partial charge is 0.121 e. The second-order valence-electron chi connectivity index (χ2n) is 6.77. The summed E-state index contributed by atoms with van der Waals surface area (Å²) in [5.41, 5.74) is 3.99. The molecule has 0 unspecified atom stereocenters. The van der Waals surface area contributed by atoms with Crippen LogP contribution in [-0.4, -0.2) is 8.80 Å². The van der Waals surface area contributed by atoms with Crippen LogP contribution in [0.2, 0.25) is 6.04 Å². The van der Waals surface area contributed by atoms with Gasteiger partial charge in [-0.3, -0.25) is 0 Å². The van der Waals surface area contributed by atoms with Gasteiger partial charge < -0.3 is 0 Å². The molecular formula is C26H23Si. The lowest BCUT2D eigenvalue weighted by atomic mass is 10.0. The Hall–Kier alpha value is -2.90. The molecule has 0 fully saturated rings. The molecule has 27 heavy (non-hydrogen) atoms. The summed E-state index contributed by atoms with van der Waals surface area (Å²) in [5, 5.41) is 2.99. The summed E-state index contributed by atoms with van der Waals surface area (Å²) >= 11 is 0. The van der Waals surface area contributed by atoms with Gasteiger partial charge in [0.05, 0.1) is 0 Å². The molecule has 4 aromatic carbocycles. The van der Waals surface area contributed by atoms with Gasteiger partial charge in [-0.1, -0.05) is 126 Å². The lowest BCUT2D eigenvalue weighted by molar-refractivity contribution is 1.12. The van der Waals surface area contributed by atoms with Crippen LogP contribution in [0, 0.1) is 0 Å². The van der Waals surface area contributed by atoms with Gasteiger partial charge in [0, 0.05) is 0 Å². The highest BCUT2D eigenvalue weighted by Crippen LogP contribution is 2.20. The first-order valence-electron chi connectivity index (χ1n) is 9.51. The molecule has 4 rings (SSSR count). The van der Waals surface area contributed by atoms with Crippen LogP contribution >= 0.6 is 0 Å². The fourth-order valence-electron chi connectivity index (χ4n) is 3.50. The molecule has 0 aliphatic heterocycles. The van der Waals surface area contributed by atoms with Crippen LogP contribution in [0.4, 0.5) is 0 Å². The van der Waals surface area contributed by atoms with Crippen molar-refractivity contribution in [3.63, 3.8) is 0 Å². The molecule has 1 heteroatoms. The highest BCUT2D eigenvalue weighted by atomic mass is 28.3. The number of aryl methyl sites for hydroxylation is 1. The van der Waals surface area contributed by atoms with E-state index < -0.39 is 8.80 Å². The van der Waals surface area contributed by atoms with Gasteiger partial charge >= 0.3 is 0 Å². The summed E-state index contributed by atoms with van der Waals surface area (Å²) in [7, 11) is -0.759. The second-order valence-corrected chi connectivity index (χ2v) is 9.39. The van der Waals surface area contributed by atoms with Crippen molar-refractivity contribution in [2.75, 3.05) is 0 Å². The minimum atomic E-state index is -0.759. The summed E-state index contributed by atoms with van der Waals surface area (Å²) < 4.78 is 0. The van der Waals surface area contributed by atoms with Crippen molar-refractivity contribution < 1.29 is 0 Å². The predicted octanol–water partition coefficient (Wildman–Crippen LogP) is 5.21. The second kappa shape index (κ2) is 8.66. The number of hydrogen-bond donors (Lipinski definition) is 0. The van der Waals surface area contributed by atoms with E-state index in [0.29, 0.717) is 0 Å². The van der Waals surface area contributed by atoms with Gasteiger partial charge in [-0.15, -0.1) is 0 Å². The topological polar surface area (TPSA) is 0 Å². The van der Waals surface area contributed by atoms with E-state index in [0.717, 1.165) is 6.42 Å². The normalized spacial score (nSPS) is 10.9. The van der Waals surface area contributed by atoms with E-state index in [1.54, 1.807) is 0 Å². The van der Waals surface area contributed by atoms with Crippen molar-refractivity contribution in [1.82, 2.24) is 0 Å². The molecule has 0 spiro atoms. The Morgan fingerprint density at radius 3 is 1.41 bits per heavy atom. The Morgan fingerprint density at radius 1 is 0.444 bits per heavy atom. The van der Waals surface area contributed by atoms with Crippen LogP contribution in [0.5, 0.6) is 0 Å². The molecule has 0 saturated heterocycles.